The number of fused-ring (bicyclic) bond motifs is 1. The van der Waals surface area contributed by atoms with Gasteiger partial charge in [-0.3, -0.25) is 4.79 Å². The molecule has 138 valence electrons. The number of anilines is 1. The highest BCUT2D eigenvalue weighted by Crippen LogP contribution is 2.50. The molecule has 7 heteroatoms. The molecule has 0 radical (unpaired) electrons. The Morgan fingerprint density at radius 1 is 1.46 bits per heavy atom. The minimum absolute atomic E-state index is 0.0860. The average Bonchev–Trinajstić information content (AvgIpc) is 3.35. The maximum atomic E-state index is 12.4. The molecule has 0 amide bonds. The number of ether oxygens (including phenoxy) is 1. The molecule has 0 aromatic carbocycles. The van der Waals surface area contributed by atoms with E-state index in [9.17, 15) is 4.79 Å². The zero-order valence-electron chi connectivity index (χ0n) is 15.4. The Hall–Kier alpha value is -2.44. The molecule has 2 aromatic rings. The lowest BCUT2D eigenvalue weighted by molar-refractivity contribution is -0.152. The van der Waals surface area contributed by atoms with Gasteiger partial charge in [-0.1, -0.05) is 25.4 Å². The van der Waals surface area contributed by atoms with Gasteiger partial charge < -0.3 is 14.2 Å². The van der Waals surface area contributed by atoms with E-state index in [1.54, 1.807) is 6.20 Å². The Balaban J connectivity index is 1.60. The molecule has 0 N–H and O–H groups in total. The lowest BCUT2D eigenvalue weighted by Gasteiger charge is -2.25. The molecule has 2 atom stereocenters. The van der Waals surface area contributed by atoms with Gasteiger partial charge in [0.25, 0.3) is 5.89 Å². The van der Waals surface area contributed by atoms with Gasteiger partial charge >= 0.3 is 5.97 Å². The Morgan fingerprint density at radius 2 is 2.31 bits per heavy atom. The molecule has 2 fully saturated rings. The van der Waals surface area contributed by atoms with Gasteiger partial charge in [0.05, 0.1) is 12.5 Å². The molecule has 1 saturated carbocycles. The van der Waals surface area contributed by atoms with Crippen LogP contribution in [0.4, 0.5) is 5.82 Å². The number of hydrogen-bond acceptors (Lipinski definition) is 7. The Morgan fingerprint density at radius 3 is 3.04 bits per heavy atom. The van der Waals surface area contributed by atoms with Crippen molar-refractivity contribution >= 4 is 11.8 Å². The van der Waals surface area contributed by atoms with Gasteiger partial charge in [-0.05, 0) is 30.9 Å². The fourth-order valence-corrected chi connectivity index (χ4v) is 4.31. The summed E-state index contributed by atoms with van der Waals surface area (Å²) in [6.45, 7) is 5.54. The Bertz CT molecular complexity index is 819. The smallest absolute Gasteiger partial charge is 0.313 e. The standard InChI is InChI=1S/C19H24N4O3/c1-12(2)16-21-17(26-22-16)13-6-8-20-15(9-13)23-10-14-5-4-7-19(14,11-23)18(24)25-3/h6,8-9,12,14H,4-5,7,10-11H2,1-3H3. The zero-order valence-corrected chi connectivity index (χ0v) is 15.4. The highest BCUT2D eigenvalue weighted by atomic mass is 16.5. The molecular formula is C19H24N4O3. The van der Waals surface area contributed by atoms with Crippen molar-refractivity contribution in [1.29, 1.82) is 0 Å². The number of methoxy groups -OCH3 is 1. The fourth-order valence-electron chi connectivity index (χ4n) is 4.31. The van der Waals surface area contributed by atoms with Crippen molar-refractivity contribution < 1.29 is 14.1 Å². The van der Waals surface area contributed by atoms with Crippen LogP contribution < -0.4 is 4.90 Å². The first-order valence-corrected chi connectivity index (χ1v) is 9.17. The maximum absolute atomic E-state index is 12.4. The van der Waals surface area contributed by atoms with Crippen LogP contribution in [0.1, 0.15) is 44.9 Å². The molecule has 7 nitrogen and oxygen atoms in total. The van der Waals surface area contributed by atoms with E-state index in [0.717, 1.165) is 37.2 Å². The number of carbonyl (C=O) groups excluding carboxylic acids is 1. The minimum Gasteiger partial charge on any atom is -0.469 e. The van der Waals surface area contributed by atoms with Crippen molar-refractivity contribution in [2.75, 3.05) is 25.1 Å². The molecule has 2 unspecified atom stereocenters. The normalized spacial score (nSPS) is 24.9. The largest absolute Gasteiger partial charge is 0.469 e. The first kappa shape index (κ1) is 17.0. The molecule has 0 bridgehead atoms. The van der Waals surface area contributed by atoms with Crippen molar-refractivity contribution in [3.63, 3.8) is 0 Å². The molecule has 2 aliphatic rings. The highest BCUT2D eigenvalue weighted by molar-refractivity contribution is 5.79. The molecule has 1 saturated heterocycles. The van der Waals surface area contributed by atoms with E-state index in [-0.39, 0.29) is 17.3 Å². The van der Waals surface area contributed by atoms with Crippen LogP contribution in [0.25, 0.3) is 11.5 Å². The third-order valence-corrected chi connectivity index (χ3v) is 5.74. The average molecular weight is 356 g/mol. The molecule has 26 heavy (non-hydrogen) atoms. The van der Waals surface area contributed by atoms with Crippen LogP contribution in [0.15, 0.2) is 22.9 Å². The van der Waals surface area contributed by atoms with Crippen molar-refractivity contribution in [2.45, 2.75) is 39.0 Å². The second-order valence-electron chi connectivity index (χ2n) is 7.63. The molecule has 4 rings (SSSR count). The van der Waals surface area contributed by atoms with Crippen molar-refractivity contribution in [3.05, 3.63) is 24.2 Å². The van der Waals surface area contributed by atoms with Crippen LogP contribution in [0, 0.1) is 11.3 Å². The quantitative estimate of drug-likeness (QED) is 0.779. The summed E-state index contributed by atoms with van der Waals surface area (Å²) in [5.41, 5.74) is 0.459. The second kappa shape index (κ2) is 6.37. The predicted octanol–water partition coefficient (Wildman–Crippen LogP) is 3.03. The molecule has 0 spiro atoms. The summed E-state index contributed by atoms with van der Waals surface area (Å²) >= 11 is 0. The van der Waals surface area contributed by atoms with Gasteiger partial charge in [0.15, 0.2) is 5.82 Å². The monoisotopic (exact) mass is 356 g/mol. The lowest BCUT2D eigenvalue weighted by Crippen LogP contribution is -2.37. The second-order valence-corrected chi connectivity index (χ2v) is 7.63. The molecule has 1 aliphatic carbocycles. The Kier molecular flexibility index (Phi) is 4.17. The summed E-state index contributed by atoms with van der Waals surface area (Å²) in [4.78, 5) is 23.6. The van der Waals surface area contributed by atoms with Gasteiger partial charge in [-0.15, -0.1) is 0 Å². The summed E-state index contributed by atoms with van der Waals surface area (Å²) in [5.74, 6) is 2.49. The van der Waals surface area contributed by atoms with E-state index in [2.05, 4.69) is 20.0 Å². The number of rotatable bonds is 4. The zero-order chi connectivity index (χ0) is 18.3. The third kappa shape index (κ3) is 2.66. The fraction of sp³-hybridized carbons (Fsp3) is 0.579. The number of aromatic nitrogens is 3. The molecule has 2 aromatic heterocycles. The van der Waals surface area contributed by atoms with E-state index < -0.39 is 0 Å². The van der Waals surface area contributed by atoms with Crippen LogP contribution in [0.2, 0.25) is 0 Å². The highest BCUT2D eigenvalue weighted by Gasteiger charge is 2.55. The van der Waals surface area contributed by atoms with Crippen LogP contribution >= 0.6 is 0 Å². The predicted molar refractivity (Wildman–Crippen MR) is 95.6 cm³/mol. The number of esters is 1. The lowest BCUT2D eigenvalue weighted by atomic mass is 9.81. The first-order valence-electron chi connectivity index (χ1n) is 9.17. The van der Waals surface area contributed by atoms with Gasteiger partial charge in [-0.2, -0.15) is 4.98 Å². The summed E-state index contributed by atoms with van der Waals surface area (Å²) in [7, 11) is 1.48. The number of hydrogen-bond donors (Lipinski definition) is 0. The summed E-state index contributed by atoms with van der Waals surface area (Å²) in [6.07, 6.45) is 4.79. The summed E-state index contributed by atoms with van der Waals surface area (Å²) < 4.78 is 10.5. The first-order chi connectivity index (χ1) is 12.5. The van der Waals surface area contributed by atoms with Crippen LogP contribution in [-0.4, -0.2) is 41.3 Å². The van der Waals surface area contributed by atoms with Gasteiger partial charge in [0.2, 0.25) is 0 Å². The van der Waals surface area contributed by atoms with Crippen LogP contribution in [0.3, 0.4) is 0 Å². The number of carbonyl (C=O) groups is 1. The van der Waals surface area contributed by atoms with E-state index in [4.69, 9.17) is 9.26 Å². The van der Waals surface area contributed by atoms with Crippen LogP contribution in [0.5, 0.6) is 0 Å². The molecule has 3 heterocycles. The van der Waals surface area contributed by atoms with E-state index in [0.29, 0.717) is 24.2 Å². The summed E-state index contributed by atoms with van der Waals surface area (Å²) in [5, 5.41) is 4.03. The van der Waals surface area contributed by atoms with E-state index in [1.807, 2.05) is 26.0 Å². The maximum Gasteiger partial charge on any atom is 0.313 e. The van der Waals surface area contributed by atoms with Crippen molar-refractivity contribution in [1.82, 2.24) is 15.1 Å². The molecular weight excluding hydrogens is 332 g/mol. The van der Waals surface area contributed by atoms with E-state index in [1.165, 1.54) is 7.11 Å². The third-order valence-electron chi connectivity index (χ3n) is 5.74. The van der Waals surface area contributed by atoms with Gasteiger partial charge in [0.1, 0.15) is 5.82 Å². The minimum atomic E-state index is -0.387. The number of nitrogens with zero attached hydrogens (tertiary/aromatic N) is 4. The van der Waals surface area contributed by atoms with Crippen molar-refractivity contribution in [3.8, 4) is 11.5 Å². The van der Waals surface area contributed by atoms with Crippen molar-refractivity contribution in [2.24, 2.45) is 11.3 Å². The SMILES string of the molecule is COC(=O)C12CCCC1CN(c1cc(-c3nc(C(C)C)no3)ccn1)C2. The Labute approximate surface area is 152 Å². The topological polar surface area (TPSA) is 81.4 Å². The van der Waals surface area contributed by atoms with E-state index >= 15 is 0 Å². The van der Waals surface area contributed by atoms with Gasteiger partial charge in [0, 0.05) is 30.8 Å². The molecule has 1 aliphatic heterocycles. The summed E-state index contributed by atoms with van der Waals surface area (Å²) in [6, 6.07) is 3.83. The van der Waals surface area contributed by atoms with Crippen LogP contribution in [-0.2, 0) is 9.53 Å². The number of pyridine rings is 1. The van der Waals surface area contributed by atoms with Gasteiger partial charge in [-0.25, -0.2) is 4.98 Å².